The van der Waals surface area contributed by atoms with Gasteiger partial charge in [-0.2, -0.15) is 0 Å². The van der Waals surface area contributed by atoms with E-state index >= 15 is 0 Å². The summed E-state index contributed by atoms with van der Waals surface area (Å²) < 4.78 is 5.63. The Balaban J connectivity index is 1.85. The number of hydrogen-bond donors (Lipinski definition) is 1. The van der Waals surface area contributed by atoms with Gasteiger partial charge in [0.15, 0.2) is 0 Å². The molecule has 0 radical (unpaired) electrons. The lowest BCUT2D eigenvalue weighted by Gasteiger charge is -2.10. The van der Waals surface area contributed by atoms with E-state index in [1.54, 1.807) is 12.4 Å². The lowest BCUT2D eigenvalue weighted by atomic mass is 10.1. The SMILES string of the molecule is Nc1cncc(OCC2CCCC2)c1. The molecular weight excluding hydrogens is 176 g/mol. The van der Waals surface area contributed by atoms with Crippen molar-refractivity contribution in [1.29, 1.82) is 0 Å². The van der Waals surface area contributed by atoms with Crippen molar-refractivity contribution >= 4 is 5.69 Å². The molecule has 1 aliphatic rings. The van der Waals surface area contributed by atoms with Crippen molar-refractivity contribution in [2.45, 2.75) is 25.7 Å². The van der Waals surface area contributed by atoms with Crippen LogP contribution in [0.3, 0.4) is 0 Å². The number of anilines is 1. The molecule has 14 heavy (non-hydrogen) atoms. The van der Waals surface area contributed by atoms with E-state index in [4.69, 9.17) is 10.5 Å². The second-order valence-corrected chi connectivity index (χ2v) is 3.92. The van der Waals surface area contributed by atoms with E-state index in [1.807, 2.05) is 6.07 Å². The molecule has 0 bridgehead atoms. The molecule has 2 rings (SSSR count). The normalized spacial score (nSPS) is 17.1. The zero-order valence-corrected chi connectivity index (χ0v) is 8.28. The summed E-state index contributed by atoms with van der Waals surface area (Å²) in [5.41, 5.74) is 6.26. The van der Waals surface area contributed by atoms with Crippen LogP contribution in [0.1, 0.15) is 25.7 Å². The molecule has 3 heteroatoms. The van der Waals surface area contributed by atoms with Crippen LogP contribution in [0.5, 0.6) is 5.75 Å². The summed E-state index contributed by atoms with van der Waals surface area (Å²) >= 11 is 0. The molecule has 0 aliphatic heterocycles. The molecule has 0 aromatic carbocycles. The van der Waals surface area contributed by atoms with Gasteiger partial charge in [-0.15, -0.1) is 0 Å². The first-order valence-corrected chi connectivity index (χ1v) is 5.18. The van der Waals surface area contributed by atoms with Crippen LogP contribution in [0.4, 0.5) is 5.69 Å². The van der Waals surface area contributed by atoms with Crippen molar-refractivity contribution < 1.29 is 4.74 Å². The Kier molecular flexibility index (Phi) is 2.87. The first kappa shape index (κ1) is 9.31. The summed E-state index contributed by atoms with van der Waals surface area (Å²) in [6.07, 6.45) is 8.64. The van der Waals surface area contributed by atoms with Gasteiger partial charge in [-0.3, -0.25) is 4.98 Å². The molecule has 1 saturated carbocycles. The number of hydrogen-bond acceptors (Lipinski definition) is 3. The standard InChI is InChI=1S/C11H16N2O/c12-10-5-11(7-13-6-10)14-8-9-3-1-2-4-9/h5-7,9H,1-4,8,12H2. The Morgan fingerprint density at radius 3 is 2.86 bits per heavy atom. The molecule has 2 N–H and O–H groups in total. The highest BCUT2D eigenvalue weighted by Crippen LogP contribution is 2.25. The van der Waals surface area contributed by atoms with Gasteiger partial charge in [0, 0.05) is 6.07 Å². The van der Waals surface area contributed by atoms with Gasteiger partial charge in [-0.05, 0) is 18.8 Å². The van der Waals surface area contributed by atoms with Gasteiger partial charge in [0.2, 0.25) is 0 Å². The van der Waals surface area contributed by atoms with Crippen molar-refractivity contribution in [3.8, 4) is 5.75 Å². The molecule has 1 fully saturated rings. The second-order valence-electron chi connectivity index (χ2n) is 3.92. The summed E-state index contributed by atoms with van der Waals surface area (Å²) in [7, 11) is 0. The summed E-state index contributed by atoms with van der Waals surface area (Å²) in [4.78, 5) is 3.98. The Bertz CT molecular complexity index is 295. The first-order valence-electron chi connectivity index (χ1n) is 5.18. The van der Waals surface area contributed by atoms with Gasteiger partial charge in [0.05, 0.1) is 24.7 Å². The predicted molar refractivity (Wildman–Crippen MR) is 56.1 cm³/mol. The molecule has 0 unspecified atom stereocenters. The molecular formula is C11H16N2O. The van der Waals surface area contributed by atoms with Crippen molar-refractivity contribution in [2.75, 3.05) is 12.3 Å². The minimum absolute atomic E-state index is 0.661. The number of nitrogens with two attached hydrogens (primary N) is 1. The van der Waals surface area contributed by atoms with Crippen molar-refractivity contribution in [3.05, 3.63) is 18.5 Å². The van der Waals surface area contributed by atoms with Crippen LogP contribution in [-0.4, -0.2) is 11.6 Å². The molecule has 1 aliphatic carbocycles. The average Bonchev–Trinajstić information content (AvgIpc) is 2.67. The largest absolute Gasteiger partial charge is 0.492 e. The third-order valence-electron chi connectivity index (χ3n) is 2.69. The van der Waals surface area contributed by atoms with E-state index in [0.29, 0.717) is 5.69 Å². The molecule has 0 spiro atoms. The smallest absolute Gasteiger partial charge is 0.139 e. The number of ether oxygens (including phenoxy) is 1. The van der Waals surface area contributed by atoms with Gasteiger partial charge in [-0.25, -0.2) is 0 Å². The zero-order chi connectivity index (χ0) is 9.80. The molecule has 1 aromatic heterocycles. The van der Waals surface area contributed by atoms with Gasteiger partial charge in [0.25, 0.3) is 0 Å². The van der Waals surface area contributed by atoms with Gasteiger partial charge in [-0.1, -0.05) is 12.8 Å². The maximum atomic E-state index is 5.63. The summed E-state index contributed by atoms with van der Waals surface area (Å²) in [6, 6.07) is 1.82. The highest BCUT2D eigenvalue weighted by atomic mass is 16.5. The van der Waals surface area contributed by atoms with Crippen LogP contribution in [0.2, 0.25) is 0 Å². The van der Waals surface area contributed by atoms with Gasteiger partial charge < -0.3 is 10.5 Å². The Morgan fingerprint density at radius 1 is 1.36 bits per heavy atom. The Hall–Kier alpha value is -1.25. The molecule has 1 aromatic rings. The van der Waals surface area contributed by atoms with Crippen LogP contribution in [0.25, 0.3) is 0 Å². The molecule has 0 atom stereocenters. The van der Waals surface area contributed by atoms with E-state index in [0.717, 1.165) is 18.3 Å². The lowest BCUT2D eigenvalue weighted by Crippen LogP contribution is -2.08. The summed E-state index contributed by atoms with van der Waals surface area (Å²) in [6.45, 7) is 0.811. The van der Waals surface area contributed by atoms with Crippen LogP contribution in [-0.2, 0) is 0 Å². The number of nitrogens with zero attached hydrogens (tertiary/aromatic N) is 1. The molecule has 0 saturated heterocycles. The third-order valence-corrected chi connectivity index (χ3v) is 2.69. The zero-order valence-electron chi connectivity index (χ0n) is 8.28. The van der Waals surface area contributed by atoms with E-state index in [2.05, 4.69) is 4.98 Å². The summed E-state index contributed by atoms with van der Waals surface area (Å²) in [5.74, 6) is 1.52. The number of rotatable bonds is 3. The van der Waals surface area contributed by atoms with Gasteiger partial charge in [0.1, 0.15) is 5.75 Å². The lowest BCUT2D eigenvalue weighted by molar-refractivity contribution is 0.251. The fourth-order valence-electron chi connectivity index (χ4n) is 1.91. The van der Waals surface area contributed by atoms with Crippen LogP contribution < -0.4 is 10.5 Å². The molecule has 0 amide bonds. The van der Waals surface area contributed by atoms with Crippen LogP contribution in [0, 0.1) is 5.92 Å². The van der Waals surface area contributed by atoms with Crippen molar-refractivity contribution in [1.82, 2.24) is 4.98 Å². The molecule has 76 valence electrons. The average molecular weight is 192 g/mol. The maximum absolute atomic E-state index is 5.63. The maximum Gasteiger partial charge on any atom is 0.139 e. The third kappa shape index (κ3) is 2.37. The van der Waals surface area contributed by atoms with Crippen LogP contribution in [0.15, 0.2) is 18.5 Å². The number of nitrogen functional groups attached to an aromatic ring is 1. The quantitative estimate of drug-likeness (QED) is 0.798. The van der Waals surface area contributed by atoms with E-state index in [-0.39, 0.29) is 0 Å². The van der Waals surface area contributed by atoms with Crippen molar-refractivity contribution in [3.63, 3.8) is 0 Å². The minimum atomic E-state index is 0.661. The van der Waals surface area contributed by atoms with E-state index in [1.165, 1.54) is 25.7 Å². The molecule has 3 nitrogen and oxygen atoms in total. The molecule has 1 heterocycles. The summed E-state index contributed by atoms with van der Waals surface area (Å²) in [5, 5.41) is 0. The highest BCUT2D eigenvalue weighted by Gasteiger charge is 2.15. The van der Waals surface area contributed by atoms with Crippen molar-refractivity contribution in [2.24, 2.45) is 5.92 Å². The highest BCUT2D eigenvalue weighted by molar-refractivity contribution is 5.39. The topological polar surface area (TPSA) is 48.1 Å². The van der Waals surface area contributed by atoms with Gasteiger partial charge >= 0.3 is 0 Å². The second kappa shape index (κ2) is 4.31. The first-order chi connectivity index (χ1) is 6.84. The van der Waals surface area contributed by atoms with E-state index in [9.17, 15) is 0 Å². The Labute approximate surface area is 84.3 Å². The number of aromatic nitrogens is 1. The monoisotopic (exact) mass is 192 g/mol. The minimum Gasteiger partial charge on any atom is -0.492 e. The van der Waals surface area contributed by atoms with E-state index < -0.39 is 0 Å². The fraction of sp³-hybridized carbons (Fsp3) is 0.545. The Morgan fingerprint density at radius 2 is 2.14 bits per heavy atom. The predicted octanol–water partition coefficient (Wildman–Crippen LogP) is 2.23. The fourth-order valence-corrected chi connectivity index (χ4v) is 1.91. The number of pyridine rings is 1. The van der Waals surface area contributed by atoms with Crippen LogP contribution >= 0.6 is 0 Å².